The zero-order valence-electron chi connectivity index (χ0n) is 13.0. The number of hydrogen-bond donors (Lipinski definition) is 3. The van der Waals surface area contributed by atoms with E-state index in [0.717, 1.165) is 0 Å². The fourth-order valence-corrected chi connectivity index (χ4v) is 2.01. The van der Waals surface area contributed by atoms with E-state index in [4.69, 9.17) is 0 Å². The van der Waals surface area contributed by atoms with Crippen LogP contribution >= 0.6 is 0 Å². The van der Waals surface area contributed by atoms with Crippen LogP contribution in [0.1, 0.15) is 45.5 Å². The molecule has 0 aromatic carbocycles. The topological polar surface area (TPSA) is 118 Å². The van der Waals surface area contributed by atoms with Crippen LogP contribution in [0.5, 0.6) is 0 Å². The van der Waals surface area contributed by atoms with Crippen LogP contribution in [0.4, 0.5) is 0 Å². The summed E-state index contributed by atoms with van der Waals surface area (Å²) in [6.07, 6.45) is 1.61. The summed E-state index contributed by atoms with van der Waals surface area (Å²) < 4.78 is 1.40. The number of fused-ring (bicyclic) bond motifs is 2. The Bertz CT molecular complexity index is 598. The molecular weight excluding hydrogens is 288 g/mol. The second-order valence-corrected chi connectivity index (χ2v) is 5.49. The molecular formula is C13H20N6O3. The van der Waals surface area contributed by atoms with Gasteiger partial charge >= 0.3 is 0 Å². The lowest BCUT2D eigenvalue weighted by Gasteiger charge is -2.20. The van der Waals surface area contributed by atoms with Crippen molar-refractivity contribution in [3.8, 4) is 0 Å². The highest BCUT2D eigenvalue weighted by Crippen LogP contribution is 2.12. The highest BCUT2D eigenvalue weighted by molar-refractivity contribution is 5.92. The van der Waals surface area contributed by atoms with E-state index >= 15 is 0 Å². The van der Waals surface area contributed by atoms with E-state index in [1.54, 1.807) is 33.9 Å². The maximum atomic E-state index is 12.1. The summed E-state index contributed by atoms with van der Waals surface area (Å²) in [7, 11) is 0. The standard InChI is InChI=1S/C13H20N6O3/c1-6-10-5-19(18-17-10)9(4)13(22)16-8(3)12(21)15-7(2)11(20)14-6/h5-9H,1-4H3,(H,14,20)(H,15,21)(H,16,22)/t6-,7+,8+,9+/m1/s1. The molecule has 3 N–H and O–H groups in total. The largest absolute Gasteiger partial charge is 0.346 e. The molecule has 1 aliphatic heterocycles. The molecule has 3 amide bonds. The van der Waals surface area contributed by atoms with E-state index in [0.29, 0.717) is 5.69 Å². The van der Waals surface area contributed by atoms with Gasteiger partial charge in [0.2, 0.25) is 17.7 Å². The summed E-state index contributed by atoms with van der Waals surface area (Å²) in [5, 5.41) is 15.8. The van der Waals surface area contributed by atoms with Crippen LogP contribution in [0, 0.1) is 0 Å². The van der Waals surface area contributed by atoms with Gasteiger partial charge in [-0.05, 0) is 27.7 Å². The molecule has 9 heteroatoms. The van der Waals surface area contributed by atoms with Crippen LogP contribution in [0.25, 0.3) is 0 Å². The van der Waals surface area contributed by atoms with Gasteiger partial charge in [0.25, 0.3) is 0 Å². The minimum Gasteiger partial charge on any atom is -0.346 e. The van der Waals surface area contributed by atoms with Crippen molar-refractivity contribution < 1.29 is 14.4 Å². The first-order chi connectivity index (χ1) is 10.3. The third-order valence-electron chi connectivity index (χ3n) is 3.61. The Hall–Kier alpha value is -2.45. The molecule has 1 aromatic rings. The fraction of sp³-hybridized carbons (Fsp3) is 0.615. The lowest BCUT2D eigenvalue weighted by molar-refractivity contribution is -0.132. The number of amides is 3. The van der Waals surface area contributed by atoms with Gasteiger partial charge in [-0.2, -0.15) is 0 Å². The lowest BCUT2D eigenvalue weighted by atomic mass is 10.2. The Balaban J connectivity index is 2.32. The lowest BCUT2D eigenvalue weighted by Crippen LogP contribution is -2.52. The van der Waals surface area contributed by atoms with Crippen molar-refractivity contribution in [2.75, 3.05) is 0 Å². The normalized spacial score (nSPS) is 30.3. The Kier molecular flexibility index (Phi) is 4.43. The molecule has 2 heterocycles. The first-order valence-corrected chi connectivity index (χ1v) is 7.12. The van der Waals surface area contributed by atoms with E-state index in [9.17, 15) is 14.4 Å². The zero-order chi connectivity index (χ0) is 16.4. The van der Waals surface area contributed by atoms with Gasteiger partial charge in [0.15, 0.2) is 0 Å². The molecule has 2 rings (SSSR count). The number of nitrogens with zero attached hydrogens (tertiary/aromatic N) is 3. The minimum atomic E-state index is -0.758. The molecule has 2 bridgehead atoms. The summed E-state index contributed by atoms with van der Waals surface area (Å²) in [6.45, 7) is 6.55. The molecule has 1 aliphatic rings. The third kappa shape index (κ3) is 3.23. The highest BCUT2D eigenvalue weighted by atomic mass is 16.2. The number of aromatic nitrogens is 3. The van der Waals surface area contributed by atoms with Crippen molar-refractivity contribution >= 4 is 17.7 Å². The summed E-state index contributed by atoms with van der Waals surface area (Å²) in [5.74, 6) is -1.10. The number of nitrogens with one attached hydrogen (secondary N) is 3. The number of rotatable bonds is 0. The maximum Gasteiger partial charge on any atom is 0.245 e. The molecule has 1 aromatic heterocycles. The van der Waals surface area contributed by atoms with E-state index in [1.165, 1.54) is 4.68 Å². The van der Waals surface area contributed by atoms with E-state index < -0.39 is 24.0 Å². The number of carbonyl (C=O) groups is 3. The Labute approximate surface area is 127 Å². The van der Waals surface area contributed by atoms with Crippen molar-refractivity contribution in [3.05, 3.63) is 11.9 Å². The van der Waals surface area contributed by atoms with E-state index in [1.807, 2.05) is 0 Å². The van der Waals surface area contributed by atoms with Crippen LogP contribution in [0.3, 0.4) is 0 Å². The second-order valence-electron chi connectivity index (χ2n) is 5.49. The predicted molar refractivity (Wildman–Crippen MR) is 76.5 cm³/mol. The first kappa shape index (κ1) is 15.9. The molecule has 0 radical (unpaired) electrons. The summed E-state index contributed by atoms with van der Waals surface area (Å²) in [4.78, 5) is 36.2. The van der Waals surface area contributed by atoms with Gasteiger partial charge in [-0.25, -0.2) is 4.68 Å². The molecule has 4 atom stereocenters. The molecule has 0 saturated heterocycles. The van der Waals surface area contributed by atoms with Crippen LogP contribution in [0.15, 0.2) is 6.20 Å². The Morgan fingerprint density at radius 3 is 1.95 bits per heavy atom. The highest BCUT2D eigenvalue weighted by Gasteiger charge is 2.26. The summed E-state index contributed by atoms with van der Waals surface area (Å²) in [6, 6.07) is -2.47. The van der Waals surface area contributed by atoms with Gasteiger partial charge in [-0.15, -0.1) is 5.10 Å². The SMILES string of the molecule is C[C@@H]1NC(=O)[C@H](C)NC(=O)[C@H](C)n2cc(nn2)[C@@H](C)NC1=O. The maximum absolute atomic E-state index is 12.1. The number of carbonyl (C=O) groups excluding carboxylic acids is 3. The summed E-state index contributed by atoms with van der Waals surface area (Å²) in [5.41, 5.74) is 0.541. The van der Waals surface area contributed by atoms with Crippen LogP contribution < -0.4 is 16.0 Å². The second kappa shape index (κ2) is 6.12. The van der Waals surface area contributed by atoms with E-state index in [2.05, 4.69) is 26.3 Å². The van der Waals surface area contributed by atoms with Gasteiger partial charge in [-0.3, -0.25) is 14.4 Å². The quantitative estimate of drug-likeness (QED) is 0.570. The van der Waals surface area contributed by atoms with Crippen LogP contribution in [0.2, 0.25) is 0 Å². The number of hydrogen-bond acceptors (Lipinski definition) is 5. The van der Waals surface area contributed by atoms with Crippen molar-refractivity contribution in [2.24, 2.45) is 0 Å². The average molecular weight is 308 g/mol. The van der Waals surface area contributed by atoms with Crippen molar-refractivity contribution in [1.29, 1.82) is 0 Å². The minimum absolute atomic E-state index is 0.332. The van der Waals surface area contributed by atoms with E-state index in [-0.39, 0.29) is 17.9 Å². The average Bonchev–Trinajstić information content (AvgIpc) is 2.94. The molecule has 22 heavy (non-hydrogen) atoms. The molecule has 0 unspecified atom stereocenters. The first-order valence-electron chi connectivity index (χ1n) is 7.12. The van der Waals surface area contributed by atoms with Gasteiger partial charge in [0.05, 0.1) is 12.2 Å². The predicted octanol–water partition coefficient (Wildman–Crippen LogP) is -0.961. The van der Waals surface area contributed by atoms with Crippen LogP contribution in [-0.4, -0.2) is 44.8 Å². The van der Waals surface area contributed by atoms with Gasteiger partial charge in [0, 0.05) is 0 Å². The molecule has 9 nitrogen and oxygen atoms in total. The smallest absolute Gasteiger partial charge is 0.245 e. The molecule has 0 aliphatic carbocycles. The molecule has 120 valence electrons. The molecule has 0 fully saturated rings. The Morgan fingerprint density at radius 1 is 0.864 bits per heavy atom. The van der Waals surface area contributed by atoms with Crippen molar-refractivity contribution in [2.45, 2.75) is 51.9 Å². The van der Waals surface area contributed by atoms with Crippen LogP contribution in [-0.2, 0) is 14.4 Å². The van der Waals surface area contributed by atoms with Gasteiger partial charge < -0.3 is 16.0 Å². The molecule has 0 saturated carbocycles. The molecule has 0 spiro atoms. The van der Waals surface area contributed by atoms with Crippen molar-refractivity contribution in [3.63, 3.8) is 0 Å². The Morgan fingerprint density at radius 2 is 1.36 bits per heavy atom. The van der Waals surface area contributed by atoms with Gasteiger partial charge in [-0.1, -0.05) is 5.21 Å². The summed E-state index contributed by atoms with van der Waals surface area (Å²) >= 11 is 0. The van der Waals surface area contributed by atoms with Crippen molar-refractivity contribution in [1.82, 2.24) is 30.9 Å². The fourth-order valence-electron chi connectivity index (χ4n) is 2.01. The zero-order valence-corrected chi connectivity index (χ0v) is 13.0. The van der Waals surface area contributed by atoms with Gasteiger partial charge in [0.1, 0.15) is 23.8 Å². The third-order valence-corrected chi connectivity index (χ3v) is 3.61. The monoisotopic (exact) mass is 308 g/mol.